The molecule has 0 unspecified atom stereocenters. The van der Waals surface area contributed by atoms with Crippen LogP contribution in [0.15, 0.2) is 29.8 Å². The zero-order valence-corrected chi connectivity index (χ0v) is 14.9. The quantitative estimate of drug-likeness (QED) is 0.549. The number of ether oxygens (including phenoxy) is 2. The predicted octanol–water partition coefficient (Wildman–Crippen LogP) is 2.60. The molecule has 0 heterocycles. The highest BCUT2D eigenvalue weighted by atomic mass is 16.5. The summed E-state index contributed by atoms with van der Waals surface area (Å²) in [6, 6.07) is 4.11. The van der Waals surface area contributed by atoms with E-state index in [1.165, 1.54) is 37.7 Å². The monoisotopic (exact) mass is 360 g/mol. The van der Waals surface area contributed by atoms with Crippen LogP contribution < -0.4 is 20.1 Å². The Kier molecular flexibility index (Phi) is 7.67. The third kappa shape index (κ3) is 6.23. The molecule has 1 aromatic carbocycles. The van der Waals surface area contributed by atoms with E-state index in [2.05, 4.69) is 16.7 Å². The number of methoxy groups -OCH3 is 1. The molecule has 1 aliphatic rings. The van der Waals surface area contributed by atoms with Crippen molar-refractivity contribution in [3.05, 3.63) is 35.4 Å². The first kappa shape index (κ1) is 19.5. The zero-order valence-electron chi connectivity index (χ0n) is 14.9. The van der Waals surface area contributed by atoms with Crippen molar-refractivity contribution in [3.63, 3.8) is 0 Å². The Bertz CT molecular complexity index is 685. The number of imide groups is 1. The number of rotatable bonds is 8. The molecule has 0 radical (unpaired) electrons. The molecule has 0 aliphatic heterocycles. The lowest BCUT2D eigenvalue weighted by atomic mass is 9.97. The number of carbonyl (C=O) groups is 3. The van der Waals surface area contributed by atoms with Crippen LogP contribution in [0.2, 0.25) is 0 Å². The second-order valence-electron chi connectivity index (χ2n) is 5.97. The van der Waals surface area contributed by atoms with Crippen molar-refractivity contribution < 1.29 is 23.9 Å². The fourth-order valence-corrected chi connectivity index (χ4v) is 2.70. The molecule has 26 heavy (non-hydrogen) atoms. The molecule has 3 amide bonds. The van der Waals surface area contributed by atoms with Crippen molar-refractivity contribution >= 4 is 18.2 Å². The van der Waals surface area contributed by atoms with Crippen LogP contribution >= 0.6 is 0 Å². The predicted molar refractivity (Wildman–Crippen MR) is 96.6 cm³/mol. The van der Waals surface area contributed by atoms with Gasteiger partial charge in [0, 0.05) is 6.54 Å². The molecule has 0 saturated heterocycles. The Morgan fingerprint density at radius 2 is 2.12 bits per heavy atom. The van der Waals surface area contributed by atoms with Crippen molar-refractivity contribution in [3.8, 4) is 11.5 Å². The molecule has 2 rings (SSSR count). The van der Waals surface area contributed by atoms with E-state index in [9.17, 15) is 14.4 Å². The highest BCUT2D eigenvalue weighted by molar-refractivity contribution is 5.95. The van der Waals surface area contributed by atoms with Gasteiger partial charge in [0.2, 0.25) is 0 Å². The smallest absolute Gasteiger partial charge is 0.321 e. The van der Waals surface area contributed by atoms with Crippen LogP contribution in [0.4, 0.5) is 4.79 Å². The van der Waals surface area contributed by atoms with Gasteiger partial charge in [0.1, 0.15) is 11.5 Å². The molecule has 1 aliphatic carbocycles. The minimum Gasteiger partial charge on any atom is -0.497 e. The van der Waals surface area contributed by atoms with E-state index >= 15 is 0 Å². The normalized spacial score (nSPS) is 13.3. The molecule has 0 aromatic heterocycles. The van der Waals surface area contributed by atoms with Crippen LogP contribution in [-0.4, -0.2) is 38.5 Å². The lowest BCUT2D eigenvalue weighted by molar-refractivity contribution is -0.122. The molecule has 7 nitrogen and oxygen atoms in total. The van der Waals surface area contributed by atoms with Crippen molar-refractivity contribution in [2.24, 2.45) is 0 Å². The fraction of sp³-hybridized carbons (Fsp3) is 0.421. The number of carbonyl (C=O) groups excluding carboxylic acids is 3. The Balaban J connectivity index is 1.71. The van der Waals surface area contributed by atoms with E-state index in [4.69, 9.17) is 9.47 Å². The fourth-order valence-electron chi connectivity index (χ4n) is 2.70. The molecule has 0 atom stereocenters. The van der Waals surface area contributed by atoms with Gasteiger partial charge in [-0.3, -0.25) is 14.9 Å². The highest BCUT2D eigenvalue weighted by Gasteiger charge is 2.11. The lowest BCUT2D eigenvalue weighted by Gasteiger charge is -2.13. The maximum atomic E-state index is 11.8. The molecule has 140 valence electrons. The van der Waals surface area contributed by atoms with Gasteiger partial charge < -0.3 is 14.8 Å². The number of allylic oxidation sites excluding steroid dienone is 1. The van der Waals surface area contributed by atoms with Gasteiger partial charge in [0.15, 0.2) is 12.9 Å². The van der Waals surface area contributed by atoms with Crippen LogP contribution in [0.25, 0.3) is 0 Å². The maximum absolute atomic E-state index is 11.8. The molecule has 1 aromatic rings. The maximum Gasteiger partial charge on any atom is 0.321 e. The number of urea groups is 1. The van der Waals surface area contributed by atoms with Crippen LogP contribution in [0.3, 0.4) is 0 Å². The Hall–Kier alpha value is -2.83. The summed E-state index contributed by atoms with van der Waals surface area (Å²) in [7, 11) is 1.49. The second kappa shape index (κ2) is 10.2. The van der Waals surface area contributed by atoms with Gasteiger partial charge in [0.05, 0.1) is 12.7 Å². The van der Waals surface area contributed by atoms with Crippen LogP contribution in [0.5, 0.6) is 11.5 Å². The molecule has 0 bridgehead atoms. The summed E-state index contributed by atoms with van der Waals surface area (Å²) in [6.45, 7) is 0.116. The molecule has 0 saturated carbocycles. The van der Waals surface area contributed by atoms with Crippen LogP contribution in [-0.2, 0) is 4.79 Å². The average molecular weight is 360 g/mol. The number of amides is 3. The minimum absolute atomic E-state index is 0.251. The van der Waals surface area contributed by atoms with Gasteiger partial charge in [-0.1, -0.05) is 11.6 Å². The highest BCUT2D eigenvalue weighted by Crippen LogP contribution is 2.22. The largest absolute Gasteiger partial charge is 0.497 e. The summed E-state index contributed by atoms with van der Waals surface area (Å²) in [5.41, 5.74) is 1.62. The number of hydrogen-bond acceptors (Lipinski definition) is 5. The third-order valence-corrected chi connectivity index (χ3v) is 4.07. The van der Waals surface area contributed by atoms with Crippen LogP contribution in [0.1, 0.15) is 42.5 Å². The summed E-state index contributed by atoms with van der Waals surface area (Å²) in [5.74, 6) is 0.170. The summed E-state index contributed by atoms with van der Waals surface area (Å²) in [4.78, 5) is 34.6. The van der Waals surface area contributed by atoms with E-state index in [-0.39, 0.29) is 17.9 Å². The van der Waals surface area contributed by atoms with Gasteiger partial charge in [-0.2, -0.15) is 0 Å². The molecular formula is C19H24N2O5. The van der Waals surface area contributed by atoms with Gasteiger partial charge in [-0.15, -0.1) is 0 Å². The number of benzene rings is 1. The van der Waals surface area contributed by atoms with E-state index in [0.29, 0.717) is 18.6 Å². The SMILES string of the molecule is COc1ccc(OCC(=O)NC(=O)NCCC2=CCCCC2)c(C=O)c1. The number of nitrogens with one attached hydrogen (secondary N) is 2. The summed E-state index contributed by atoms with van der Waals surface area (Å²) in [5, 5.41) is 4.86. The Morgan fingerprint density at radius 1 is 1.27 bits per heavy atom. The standard InChI is InChI=1S/C19H24N2O5/c1-25-16-7-8-17(15(11-16)12-22)26-13-18(23)21-19(24)20-10-9-14-5-3-2-4-6-14/h5,7-8,11-12H,2-4,6,9-10,13H2,1H3,(H2,20,21,23,24). The lowest BCUT2D eigenvalue weighted by Crippen LogP contribution is -2.42. The minimum atomic E-state index is -0.591. The van der Waals surface area contributed by atoms with Crippen molar-refractivity contribution in [2.75, 3.05) is 20.3 Å². The van der Waals surface area contributed by atoms with Gasteiger partial charge in [-0.25, -0.2) is 4.79 Å². The van der Waals surface area contributed by atoms with Gasteiger partial charge >= 0.3 is 6.03 Å². The molecule has 7 heteroatoms. The number of aldehydes is 1. The Morgan fingerprint density at radius 3 is 2.81 bits per heavy atom. The first-order chi connectivity index (χ1) is 12.6. The van der Waals surface area contributed by atoms with E-state index in [0.717, 1.165) is 19.3 Å². The van der Waals surface area contributed by atoms with E-state index in [1.54, 1.807) is 6.07 Å². The molecule has 0 spiro atoms. The third-order valence-electron chi connectivity index (χ3n) is 4.07. The zero-order chi connectivity index (χ0) is 18.8. The Labute approximate surface area is 152 Å². The van der Waals surface area contributed by atoms with E-state index < -0.39 is 11.9 Å². The van der Waals surface area contributed by atoms with Crippen LogP contribution in [0, 0.1) is 0 Å². The second-order valence-corrected chi connectivity index (χ2v) is 5.97. The summed E-state index contributed by atoms with van der Waals surface area (Å²) in [6.07, 6.45) is 8.24. The summed E-state index contributed by atoms with van der Waals surface area (Å²) < 4.78 is 10.3. The van der Waals surface area contributed by atoms with Crippen molar-refractivity contribution in [2.45, 2.75) is 32.1 Å². The topological polar surface area (TPSA) is 93.7 Å². The summed E-state index contributed by atoms with van der Waals surface area (Å²) >= 11 is 0. The molecule has 0 fully saturated rings. The average Bonchev–Trinajstić information content (AvgIpc) is 2.67. The van der Waals surface area contributed by atoms with E-state index in [1.807, 2.05) is 0 Å². The number of hydrogen-bond donors (Lipinski definition) is 2. The van der Waals surface area contributed by atoms with Gasteiger partial charge in [-0.05, 0) is 50.3 Å². The van der Waals surface area contributed by atoms with Crippen molar-refractivity contribution in [1.29, 1.82) is 0 Å². The van der Waals surface area contributed by atoms with Crippen molar-refractivity contribution in [1.82, 2.24) is 10.6 Å². The first-order valence-electron chi connectivity index (χ1n) is 8.64. The van der Waals surface area contributed by atoms with Gasteiger partial charge in [0.25, 0.3) is 5.91 Å². The first-order valence-corrected chi connectivity index (χ1v) is 8.64. The molecular weight excluding hydrogens is 336 g/mol. The molecule has 2 N–H and O–H groups in total.